The maximum absolute atomic E-state index is 6.29. The molecule has 1 atom stereocenters. The number of likely N-dealkylation sites (N-methyl/N-ethyl adjacent to an activating group) is 1. The van der Waals surface area contributed by atoms with Crippen LogP contribution in [0.1, 0.15) is 39.2 Å². The van der Waals surface area contributed by atoms with Crippen LogP contribution in [0.25, 0.3) is 0 Å². The highest BCUT2D eigenvalue weighted by atomic mass is 35.5. The lowest BCUT2D eigenvalue weighted by atomic mass is 9.84. The Morgan fingerprint density at radius 3 is 2.10 bits per heavy atom. The monoisotopic (exact) mass is 317 g/mol. The van der Waals surface area contributed by atoms with Gasteiger partial charge in [-0.15, -0.1) is 0 Å². The van der Waals surface area contributed by atoms with Crippen molar-refractivity contribution in [2.24, 2.45) is 0 Å². The minimum absolute atomic E-state index is 0.176. The van der Waals surface area contributed by atoms with Gasteiger partial charge in [0.1, 0.15) is 0 Å². The first-order chi connectivity index (χ1) is 9.54. The molecular weight excluding hydrogens is 293 g/mol. The van der Waals surface area contributed by atoms with Crippen LogP contribution in [-0.2, 0) is 11.2 Å². The van der Waals surface area contributed by atoms with Crippen LogP contribution in [0.2, 0.25) is 10.0 Å². The van der Waals surface area contributed by atoms with Crippen molar-refractivity contribution < 1.29 is 4.74 Å². The molecule has 1 unspecified atom stereocenters. The van der Waals surface area contributed by atoms with Crippen molar-refractivity contribution in [2.45, 2.75) is 51.7 Å². The van der Waals surface area contributed by atoms with Gasteiger partial charge in [-0.2, -0.15) is 0 Å². The van der Waals surface area contributed by atoms with E-state index in [1.54, 1.807) is 0 Å². The fraction of sp³-hybridized carbons (Fsp3) is 0.625. The van der Waals surface area contributed by atoms with Gasteiger partial charge in [-0.1, -0.05) is 43.1 Å². The van der Waals surface area contributed by atoms with Gasteiger partial charge in [-0.25, -0.2) is 0 Å². The molecule has 0 aromatic heterocycles. The van der Waals surface area contributed by atoms with E-state index in [1.807, 2.05) is 32.2 Å². The maximum atomic E-state index is 6.29. The quantitative estimate of drug-likeness (QED) is 0.749. The van der Waals surface area contributed by atoms with Gasteiger partial charge in [0.05, 0.1) is 5.60 Å². The maximum Gasteiger partial charge on any atom is 0.0832 e. The molecule has 0 saturated heterocycles. The summed E-state index contributed by atoms with van der Waals surface area (Å²) < 4.78 is 6.08. The second kappa shape index (κ2) is 8.23. The molecule has 0 aliphatic carbocycles. The standard InChI is InChI=1S/C16H25Cl2NO/c1-5-16(6-2,20-7-3)15(19-4)11-12-13(17)9-8-10-14(12)18/h8-10,15,19H,5-7,11H2,1-4H3. The molecule has 0 amide bonds. The molecule has 0 heterocycles. The first-order valence-electron chi connectivity index (χ1n) is 7.28. The Balaban J connectivity index is 3.06. The van der Waals surface area contributed by atoms with E-state index in [-0.39, 0.29) is 11.6 Å². The lowest BCUT2D eigenvalue weighted by Crippen LogP contribution is -2.52. The van der Waals surface area contributed by atoms with Gasteiger partial charge < -0.3 is 10.1 Å². The fourth-order valence-corrected chi connectivity index (χ4v) is 3.37. The van der Waals surface area contributed by atoms with E-state index in [4.69, 9.17) is 27.9 Å². The molecule has 2 nitrogen and oxygen atoms in total. The van der Waals surface area contributed by atoms with Gasteiger partial charge in [0, 0.05) is 22.7 Å². The summed E-state index contributed by atoms with van der Waals surface area (Å²) in [5.74, 6) is 0. The summed E-state index contributed by atoms with van der Waals surface area (Å²) in [6, 6.07) is 5.82. The van der Waals surface area contributed by atoms with E-state index in [0.29, 0.717) is 6.61 Å². The molecule has 0 aliphatic rings. The number of ether oxygens (including phenoxy) is 1. The second-order valence-electron chi connectivity index (χ2n) is 4.95. The Labute approximate surface area is 132 Å². The minimum Gasteiger partial charge on any atom is -0.374 e. The largest absolute Gasteiger partial charge is 0.374 e. The van der Waals surface area contributed by atoms with Crippen molar-refractivity contribution >= 4 is 23.2 Å². The van der Waals surface area contributed by atoms with Gasteiger partial charge in [-0.3, -0.25) is 0 Å². The van der Waals surface area contributed by atoms with Crippen LogP contribution in [0, 0.1) is 0 Å². The lowest BCUT2D eigenvalue weighted by molar-refractivity contribution is -0.0703. The summed E-state index contributed by atoms with van der Waals surface area (Å²) >= 11 is 12.6. The third-order valence-corrected chi connectivity index (χ3v) is 4.79. The molecule has 0 bridgehead atoms. The summed E-state index contributed by atoms with van der Waals surface area (Å²) in [6.45, 7) is 7.07. The molecule has 0 spiro atoms. The minimum atomic E-state index is -0.188. The smallest absolute Gasteiger partial charge is 0.0832 e. The zero-order valence-corrected chi connectivity index (χ0v) is 14.3. The number of hydrogen-bond donors (Lipinski definition) is 1. The Morgan fingerprint density at radius 1 is 1.15 bits per heavy atom. The highest BCUT2D eigenvalue weighted by Gasteiger charge is 2.36. The van der Waals surface area contributed by atoms with Crippen molar-refractivity contribution in [3.63, 3.8) is 0 Å². The van der Waals surface area contributed by atoms with Crippen LogP contribution in [-0.4, -0.2) is 25.3 Å². The van der Waals surface area contributed by atoms with Crippen LogP contribution < -0.4 is 5.32 Å². The molecule has 0 aliphatic heterocycles. The average molecular weight is 318 g/mol. The molecule has 1 N–H and O–H groups in total. The molecular formula is C16H25Cl2NO. The van der Waals surface area contributed by atoms with Crippen molar-refractivity contribution in [3.8, 4) is 0 Å². The molecule has 0 radical (unpaired) electrons. The zero-order chi connectivity index (χ0) is 15.2. The third kappa shape index (κ3) is 3.88. The summed E-state index contributed by atoms with van der Waals surface area (Å²) in [7, 11) is 1.97. The average Bonchev–Trinajstić information content (AvgIpc) is 2.45. The van der Waals surface area contributed by atoms with Crippen LogP contribution in [0.15, 0.2) is 18.2 Å². The highest BCUT2D eigenvalue weighted by molar-refractivity contribution is 6.36. The number of halogens is 2. The van der Waals surface area contributed by atoms with E-state index in [9.17, 15) is 0 Å². The van der Waals surface area contributed by atoms with Crippen molar-refractivity contribution in [1.82, 2.24) is 5.32 Å². The Morgan fingerprint density at radius 2 is 1.70 bits per heavy atom. The van der Waals surface area contributed by atoms with E-state index in [1.165, 1.54) is 0 Å². The van der Waals surface area contributed by atoms with Crippen molar-refractivity contribution in [2.75, 3.05) is 13.7 Å². The Bertz CT molecular complexity index is 399. The van der Waals surface area contributed by atoms with E-state index in [2.05, 4.69) is 19.2 Å². The number of benzene rings is 1. The molecule has 0 saturated carbocycles. The summed E-state index contributed by atoms with van der Waals surface area (Å²) in [4.78, 5) is 0. The molecule has 1 rings (SSSR count). The van der Waals surface area contributed by atoms with Gasteiger partial charge >= 0.3 is 0 Å². The molecule has 0 fully saturated rings. The number of hydrogen-bond acceptors (Lipinski definition) is 2. The Kier molecular flexibility index (Phi) is 7.32. The van der Waals surface area contributed by atoms with E-state index in [0.717, 1.165) is 34.9 Å². The topological polar surface area (TPSA) is 21.3 Å². The predicted molar refractivity (Wildman–Crippen MR) is 88.0 cm³/mol. The van der Waals surface area contributed by atoms with Crippen molar-refractivity contribution in [1.29, 1.82) is 0 Å². The summed E-state index contributed by atoms with van der Waals surface area (Å²) in [5, 5.41) is 4.83. The van der Waals surface area contributed by atoms with Gasteiger partial charge in [0.25, 0.3) is 0 Å². The molecule has 1 aromatic carbocycles. The van der Waals surface area contributed by atoms with E-state index >= 15 is 0 Å². The van der Waals surface area contributed by atoms with Gasteiger partial charge in [0.2, 0.25) is 0 Å². The van der Waals surface area contributed by atoms with Gasteiger partial charge in [0.15, 0.2) is 0 Å². The number of nitrogens with one attached hydrogen (secondary N) is 1. The Hall–Kier alpha value is -0.280. The summed E-state index contributed by atoms with van der Waals surface area (Å²) in [6.07, 6.45) is 2.66. The molecule has 1 aromatic rings. The normalized spacial score (nSPS) is 13.5. The lowest BCUT2D eigenvalue weighted by Gasteiger charge is -2.39. The highest BCUT2D eigenvalue weighted by Crippen LogP contribution is 2.31. The van der Waals surface area contributed by atoms with Crippen LogP contribution in [0.5, 0.6) is 0 Å². The second-order valence-corrected chi connectivity index (χ2v) is 5.76. The SMILES string of the molecule is CCOC(CC)(CC)C(Cc1c(Cl)cccc1Cl)NC. The van der Waals surface area contributed by atoms with Crippen LogP contribution in [0.3, 0.4) is 0 Å². The third-order valence-electron chi connectivity index (χ3n) is 4.08. The zero-order valence-electron chi connectivity index (χ0n) is 12.8. The van der Waals surface area contributed by atoms with Crippen LogP contribution >= 0.6 is 23.2 Å². The fourth-order valence-electron chi connectivity index (χ4n) is 2.82. The molecule has 4 heteroatoms. The van der Waals surface area contributed by atoms with Crippen LogP contribution in [0.4, 0.5) is 0 Å². The molecule has 20 heavy (non-hydrogen) atoms. The van der Waals surface area contributed by atoms with E-state index < -0.39 is 0 Å². The summed E-state index contributed by atoms with van der Waals surface area (Å²) in [5.41, 5.74) is 0.799. The predicted octanol–water partition coefficient (Wildman–Crippen LogP) is 4.72. The number of rotatable bonds is 8. The first kappa shape index (κ1) is 17.8. The molecule has 114 valence electrons. The van der Waals surface area contributed by atoms with Gasteiger partial charge in [-0.05, 0) is 50.9 Å². The van der Waals surface area contributed by atoms with Crippen molar-refractivity contribution in [3.05, 3.63) is 33.8 Å². The first-order valence-corrected chi connectivity index (χ1v) is 8.04.